The third-order valence-corrected chi connectivity index (χ3v) is 4.95. The molecule has 0 aromatic carbocycles. The number of carbonyl (C=O) groups is 3. The number of urea groups is 1. The van der Waals surface area contributed by atoms with Gasteiger partial charge in [-0.1, -0.05) is 6.92 Å². The summed E-state index contributed by atoms with van der Waals surface area (Å²) in [4.78, 5) is 38.4. The molecule has 1 unspecified atom stereocenters. The number of primary amides is 1. The van der Waals surface area contributed by atoms with Gasteiger partial charge < -0.3 is 20.6 Å². The Bertz CT molecular complexity index is 444. The van der Waals surface area contributed by atoms with Crippen LogP contribution >= 0.6 is 0 Å². The Labute approximate surface area is 124 Å². The van der Waals surface area contributed by atoms with Gasteiger partial charge in [0, 0.05) is 19.6 Å². The van der Waals surface area contributed by atoms with Crippen molar-refractivity contribution in [2.75, 3.05) is 19.6 Å². The van der Waals surface area contributed by atoms with Crippen LogP contribution in [0.1, 0.15) is 39.0 Å². The number of aliphatic carboxylic acids is 1. The van der Waals surface area contributed by atoms with Gasteiger partial charge in [0.15, 0.2) is 0 Å². The fourth-order valence-electron chi connectivity index (χ4n) is 3.32. The maximum Gasteiger partial charge on any atom is 0.320 e. The Morgan fingerprint density at radius 2 is 1.86 bits per heavy atom. The highest BCUT2D eigenvalue weighted by atomic mass is 16.4. The topological polar surface area (TPSA) is 104 Å². The van der Waals surface area contributed by atoms with E-state index in [2.05, 4.69) is 0 Å². The summed E-state index contributed by atoms with van der Waals surface area (Å²) in [7, 11) is 0. The van der Waals surface area contributed by atoms with Crippen LogP contribution in [0, 0.1) is 5.41 Å². The molecule has 7 nitrogen and oxygen atoms in total. The number of hydrogen-bond donors (Lipinski definition) is 2. The molecule has 1 atom stereocenters. The second-order valence-electron chi connectivity index (χ2n) is 5.96. The zero-order valence-corrected chi connectivity index (χ0v) is 12.4. The van der Waals surface area contributed by atoms with Gasteiger partial charge in [-0.05, 0) is 32.1 Å². The van der Waals surface area contributed by atoms with Gasteiger partial charge in [-0.25, -0.2) is 4.79 Å². The van der Waals surface area contributed by atoms with E-state index >= 15 is 0 Å². The quantitative estimate of drug-likeness (QED) is 0.797. The summed E-state index contributed by atoms with van der Waals surface area (Å²) in [5, 5.41) is 9.36. The molecule has 0 aliphatic carbocycles. The van der Waals surface area contributed by atoms with Gasteiger partial charge >= 0.3 is 12.0 Å². The molecule has 118 valence electrons. The average molecular weight is 297 g/mol. The first-order chi connectivity index (χ1) is 9.91. The highest BCUT2D eigenvalue weighted by molar-refractivity contribution is 5.86. The van der Waals surface area contributed by atoms with Crippen LogP contribution in [0.5, 0.6) is 0 Å². The largest absolute Gasteiger partial charge is 0.481 e. The van der Waals surface area contributed by atoms with Crippen molar-refractivity contribution >= 4 is 17.9 Å². The molecule has 0 aromatic heterocycles. The van der Waals surface area contributed by atoms with Gasteiger partial charge in [0.2, 0.25) is 5.91 Å². The number of piperidine rings is 1. The number of nitrogens with zero attached hydrogens (tertiary/aromatic N) is 2. The highest BCUT2D eigenvalue weighted by Gasteiger charge is 2.43. The maximum atomic E-state index is 12.5. The summed E-state index contributed by atoms with van der Waals surface area (Å²) in [6.45, 7) is 3.25. The fourth-order valence-corrected chi connectivity index (χ4v) is 3.32. The van der Waals surface area contributed by atoms with Crippen molar-refractivity contribution in [3.8, 4) is 0 Å². The van der Waals surface area contributed by atoms with Crippen LogP contribution in [0.2, 0.25) is 0 Å². The number of carboxylic acids is 1. The lowest BCUT2D eigenvalue weighted by Gasteiger charge is -2.40. The normalized spacial score (nSPS) is 24.9. The fraction of sp³-hybridized carbons (Fsp3) is 0.786. The third-order valence-electron chi connectivity index (χ3n) is 4.95. The zero-order chi connectivity index (χ0) is 15.6. The maximum absolute atomic E-state index is 12.5. The van der Waals surface area contributed by atoms with Crippen LogP contribution < -0.4 is 5.73 Å². The highest BCUT2D eigenvalue weighted by Crippen LogP contribution is 2.35. The summed E-state index contributed by atoms with van der Waals surface area (Å²) >= 11 is 0. The number of rotatable bonds is 3. The Hall–Kier alpha value is -1.79. The van der Waals surface area contributed by atoms with Crippen LogP contribution in [-0.2, 0) is 9.59 Å². The van der Waals surface area contributed by atoms with Gasteiger partial charge in [-0.2, -0.15) is 0 Å². The lowest BCUT2D eigenvalue weighted by molar-refractivity contribution is -0.152. The number of amides is 3. The molecule has 2 rings (SSSR count). The van der Waals surface area contributed by atoms with E-state index in [4.69, 9.17) is 5.73 Å². The van der Waals surface area contributed by atoms with E-state index < -0.39 is 23.3 Å². The Kier molecular flexibility index (Phi) is 4.39. The molecular weight excluding hydrogens is 274 g/mol. The van der Waals surface area contributed by atoms with Crippen molar-refractivity contribution in [1.29, 1.82) is 0 Å². The standard InChI is InChI=1S/C14H23N3O4/c1-2-14(12(19)20)5-8-16(9-6-14)13(21)17-7-3-4-10(17)11(15)18/h10H,2-9H2,1H3,(H2,15,18)(H,19,20). The predicted octanol–water partition coefficient (Wildman–Crippen LogP) is 0.633. The number of hydrogen-bond acceptors (Lipinski definition) is 3. The predicted molar refractivity (Wildman–Crippen MR) is 75.5 cm³/mol. The molecule has 2 aliphatic rings. The minimum absolute atomic E-state index is 0.189. The molecule has 0 aromatic rings. The zero-order valence-electron chi connectivity index (χ0n) is 12.4. The first kappa shape index (κ1) is 15.6. The summed E-state index contributed by atoms with van der Waals surface area (Å²) in [6, 6.07) is -0.707. The number of nitrogens with two attached hydrogens (primary N) is 1. The molecule has 0 saturated carbocycles. The van der Waals surface area contributed by atoms with Crippen molar-refractivity contribution in [3.05, 3.63) is 0 Å². The molecular formula is C14H23N3O4. The average Bonchev–Trinajstić information content (AvgIpc) is 2.96. The summed E-state index contributed by atoms with van der Waals surface area (Å²) in [5.74, 6) is -1.25. The van der Waals surface area contributed by atoms with E-state index in [1.54, 1.807) is 4.90 Å². The summed E-state index contributed by atoms with van der Waals surface area (Å²) in [5.41, 5.74) is 4.61. The van der Waals surface area contributed by atoms with Gasteiger partial charge in [-0.15, -0.1) is 0 Å². The second kappa shape index (κ2) is 5.91. The van der Waals surface area contributed by atoms with Crippen molar-refractivity contribution in [1.82, 2.24) is 9.80 Å². The van der Waals surface area contributed by atoms with Crippen molar-refractivity contribution in [2.24, 2.45) is 11.1 Å². The Morgan fingerprint density at radius 3 is 2.33 bits per heavy atom. The monoisotopic (exact) mass is 297 g/mol. The summed E-state index contributed by atoms with van der Waals surface area (Å²) < 4.78 is 0. The first-order valence-corrected chi connectivity index (χ1v) is 7.49. The lowest BCUT2D eigenvalue weighted by Crippen LogP contribution is -2.53. The van der Waals surface area contributed by atoms with Crippen LogP contribution in [-0.4, -0.2) is 58.5 Å². The smallest absolute Gasteiger partial charge is 0.320 e. The third kappa shape index (κ3) is 2.82. The molecule has 3 amide bonds. The minimum Gasteiger partial charge on any atom is -0.481 e. The van der Waals surface area contributed by atoms with E-state index in [1.165, 1.54) is 4.90 Å². The van der Waals surface area contributed by atoms with Gasteiger partial charge in [0.05, 0.1) is 5.41 Å². The first-order valence-electron chi connectivity index (χ1n) is 7.49. The molecule has 0 radical (unpaired) electrons. The molecule has 2 aliphatic heterocycles. The van der Waals surface area contributed by atoms with E-state index in [-0.39, 0.29) is 6.03 Å². The summed E-state index contributed by atoms with van der Waals surface area (Å²) in [6.07, 6.45) is 2.88. The van der Waals surface area contributed by atoms with Gasteiger partial charge in [0.25, 0.3) is 0 Å². The lowest BCUT2D eigenvalue weighted by atomic mass is 9.76. The molecule has 0 bridgehead atoms. The Morgan fingerprint density at radius 1 is 1.24 bits per heavy atom. The molecule has 0 spiro atoms. The van der Waals surface area contributed by atoms with E-state index in [0.29, 0.717) is 45.3 Å². The van der Waals surface area contributed by atoms with E-state index in [9.17, 15) is 19.5 Å². The van der Waals surface area contributed by atoms with Crippen molar-refractivity contribution < 1.29 is 19.5 Å². The molecule has 21 heavy (non-hydrogen) atoms. The van der Waals surface area contributed by atoms with Crippen LogP contribution in [0.3, 0.4) is 0 Å². The number of carboxylic acid groups (broad SMARTS) is 1. The van der Waals surface area contributed by atoms with Crippen molar-refractivity contribution in [3.63, 3.8) is 0 Å². The SMILES string of the molecule is CCC1(C(=O)O)CCN(C(=O)N2CCCC2C(N)=O)CC1. The van der Waals surface area contributed by atoms with Crippen LogP contribution in [0.25, 0.3) is 0 Å². The van der Waals surface area contributed by atoms with Gasteiger partial charge in [0.1, 0.15) is 6.04 Å². The number of carbonyl (C=O) groups excluding carboxylic acids is 2. The molecule has 2 heterocycles. The molecule has 3 N–H and O–H groups in total. The molecule has 2 fully saturated rings. The van der Waals surface area contributed by atoms with Gasteiger partial charge in [-0.3, -0.25) is 9.59 Å². The second-order valence-corrected chi connectivity index (χ2v) is 5.96. The molecule has 2 saturated heterocycles. The van der Waals surface area contributed by atoms with Crippen LogP contribution in [0.4, 0.5) is 4.79 Å². The van der Waals surface area contributed by atoms with E-state index in [0.717, 1.165) is 6.42 Å². The number of likely N-dealkylation sites (tertiary alicyclic amines) is 2. The van der Waals surface area contributed by atoms with Crippen molar-refractivity contribution in [2.45, 2.75) is 45.1 Å². The minimum atomic E-state index is -0.784. The van der Waals surface area contributed by atoms with Crippen LogP contribution in [0.15, 0.2) is 0 Å². The van der Waals surface area contributed by atoms with E-state index in [1.807, 2.05) is 6.92 Å². The Balaban J connectivity index is 2.00. The molecule has 7 heteroatoms.